The number of carbonyl (C=O) groups is 1. The summed E-state index contributed by atoms with van der Waals surface area (Å²) in [6.07, 6.45) is 5.15. The number of fused-ring (bicyclic) bond motifs is 1. The first-order chi connectivity index (χ1) is 11.5. The molecule has 0 radical (unpaired) electrons. The van der Waals surface area contributed by atoms with Gasteiger partial charge in [0, 0.05) is 17.8 Å². The minimum Gasteiger partial charge on any atom is -0.346 e. The van der Waals surface area contributed by atoms with Crippen molar-refractivity contribution in [3.63, 3.8) is 0 Å². The molecule has 0 saturated heterocycles. The van der Waals surface area contributed by atoms with Gasteiger partial charge >= 0.3 is 88.7 Å². The maximum absolute atomic E-state index is 11.8. The van der Waals surface area contributed by atoms with Crippen LogP contribution in [0.15, 0.2) is 55.1 Å². The van der Waals surface area contributed by atoms with E-state index in [1.165, 1.54) is 25.4 Å². The molecule has 3 N–H and O–H groups in total. The van der Waals surface area contributed by atoms with Gasteiger partial charge in [0.25, 0.3) is 0 Å². The first-order valence-corrected chi connectivity index (χ1v) is 9.96. The normalized spacial score (nSPS) is 12.8. The van der Waals surface area contributed by atoms with Crippen molar-refractivity contribution >= 4 is 35.5 Å². The van der Waals surface area contributed by atoms with Crippen LogP contribution in [0.2, 0.25) is 0 Å². The SMILES string of the molecule is CC(=O)NO[As](=O)(OO)c1ccccc1.c1ncc2cc[nH]c2n1. The van der Waals surface area contributed by atoms with Crippen molar-refractivity contribution in [1.82, 2.24) is 20.4 Å². The van der Waals surface area contributed by atoms with E-state index >= 15 is 0 Å². The van der Waals surface area contributed by atoms with Gasteiger partial charge in [0.15, 0.2) is 0 Å². The minimum atomic E-state index is -4.55. The van der Waals surface area contributed by atoms with E-state index in [0.29, 0.717) is 0 Å². The number of nitrogens with one attached hydrogen (secondary N) is 2. The average Bonchev–Trinajstić information content (AvgIpc) is 3.10. The third kappa shape index (κ3) is 4.77. The van der Waals surface area contributed by atoms with Crippen molar-refractivity contribution in [3.05, 3.63) is 55.1 Å². The fourth-order valence-electron chi connectivity index (χ4n) is 1.64. The van der Waals surface area contributed by atoms with Crippen LogP contribution in [0.4, 0.5) is 0 Å². The number of nitrogens with zero attached hydrogens (tertiary/aromatic N) is 2. The van der Waals surface area contributed by atoms with Gasteiger partial charge in [-0.15, -0.1) is 0 Å². The molecule has 1 unspecified atom stereocenters. The molecule has 1 aromatic carbocycles. The summed E-state index contributed by atoms with van der Waals surface area (Å²) in [7, 11) is 0. The number of aromatic amines is 1. The summed E-state index contributed by atoms with van der Waals surface area (Å²) < 4.78 is 20.5. The van der Waals surface area contributed by atoms with Crippen LogP contribution in [0, 0.1) is 0 Å². The Morgan fingerprint density at radius 2 is 2.04 bits per heavy atom. The predicted octanol–water partition coefficient (Wildman–Crippen LogP) is 0.778. The second-order valence-electron chi connectivity index (χ2n) is 4.47. The van der Waals surface area contributed by atoms with Crippen molar-refractivity contribution in [2.75, 3.05) is 0 Å². The van der Waals surface area contributed by atoms with Crippen LogP contribution in [0.25, 0.3) is 11.0 Å². The monoisotopic (exact) mass is 394 g/mol. The molecular weight excluding hydrogens is 379 g/mol. The van der Waals surface area contributed by atoms with E-state index in [9.17, 15) is 8.53 Å². The summed E-state index contributed by atoms with van der Waals surface area (Å²) >= 11 is -4.55. The number of carbonyl (C=O) groups excluding carboxylic acids is 1. The fraction of sp³-hybridized carbons (Fsp3) is 0.0714. The number of hydrogen-bond donors (Lipinski definition) is 3. The minimum absolute atomic E-state index is 0.201. The Morgan fingerprint density at radius 1 is 1.29 bits per heavy atom. The molecule has 0 bridgehead atoms. The van der Waals surface area contributed by atoms with Gasteiger partial charge in [-0.3, -0.25) is 0 Å². The number of aromatic nitrogens is 3. The zero-order valence-corrected chi connectivity index (χ0v) is 14.5. The van der Waals surface area contributed by atoms with Gasteiger partial charge in [-0.25, -0.2) is 9.97 Å². The summed E-state index contributed by atoms with van der Waals surface area (Å²) in [5.41, 5.74) is 2.77. The molecule has 0 aliphatic carbocycles. The Hall–Kier alpha value is -2.45. The number of H-pyrrole nitrogens is 1. The van der Waals surface area contributed by atoms with Gasteiger partial charge in [0.2, 0.25) is 0 Å². The third-order valence-corrected chi connectivity index (χ3v) is 5.81. The number of hydroxylamine groups is 1. The van der Waals surface area contributed by atoms with E-state index in [1.807, 2.05) is 17.7 Å². The van der Waals surface area contributed by atoms with Crippen LogP contribution in [0.1, 0.15) is 6.92 Å². The molecule has 10 heteroatoms. The molecule has 0 fully saturated rings. The maximum Gasteiger partial charge on any atom is 0.140 e. The molecular formula is C14H15AsN4O5. The summed E-state index contributed by atoms with van der Waals surface area (Å²) in [5.74, 6) is -0.537. The van der Waals surface area contributed by atoms with E-state index in [-0.39, 0.29) is 4.35 Å². The van der Waals surface area contributed by atoms with Crippen molar-refractivity contribution in [2.24, 2.45) is 0 Å². The average molecular weight is 394 g/mol. The Balaban J connectivity index is 0.000000194. The summed E-state index contributed by atoms with van der Waals surface area (Å²) in [6.45, 7) is 1.18. The second-order valence-corrected chi connectivity index (χ2v) is 8.37. The Bertz CT molecular complexity index is 809. The van der Waals surface area contributed by atoms with Crippen LogP contribution >= 0.6 is 0 Å². The van der Waals surface area contributed by atoms with Gasteiger partial charge in [0.1, 0.15) is 12.0 Å². The van der Waals surface area contributed by atoms with Gasteiger partial charge in [-0.1, -0.05) is 0 Å². The molecule has 24 heavy (non-hydrogen) atoms. The molecule has 3 rings (SSSR count). The molecule has 0 saturated carbocycles. The Morgan fingerprint density at radius 3 is 2.67 bits per heavy atom. The number of rotatable bonds is 4. The summed E-state index contributed by atoms with van der Waals surface area (Å²) in [6, 6.07) is 9.81. The van der Waals surface area contributed by atoms with Crippen molar-refractivity contribution in [2.45, 2.75) is 6.92 Å². The van der Waals surface area contributed by atoms with Gasteiger partial charge in [-0.2, -0.15) is 0 Å². The van der Waals surface area contributed by atoms with E-state index in [1.54, 1.807) is 24.4 Å². The van der Waals surface area contributed by atoms with E-state index < -0.39 is 20.1 Å². The van der Waals surface area contributed by atoms with Gasteiger partial charge in [-0.05, 0) is 6.07 Å². The molecule has 0 aliphatic heterocycles. The van der Waals surface area contributed by atoms with Crippen molar-refractivity contribution in [1.29, 1.82) is 0 Å². The van der Waals surface area contributed by atoms with E-state index in [0.717, 1.165) is 11.0 Å². The smallest absolute Gasteiger partial charge is 0.140 e. The third-order valence-electron chi connectivity index (χ3n) is 2.71. The topological polar surface area (TPSA) is 126 Å². The standard InChI is InChI=1S/C8H10AsNO5.C6H5N3/c1-7(11)10-14-9(12,15-13)8-5-3-2-4-6-8;1-2-8-6-5(1)3-7-4-9-6/h2-6,13H,1H3,(H,10,11);1-4H,(H,7,8,9). The van der Waals surface area contributed by atoms with Gasteiger partial charge in [0.05, 0.1) is 0 Å². The van der Waals surface area contributed by atoms with Gasteiger partial charge < -0.3 is 4.98 Å². The van der Waals surface area contributed by atoms with Crippen molar-refractivity contribution in [3.8, 4) is 0 Å². The first kappa shape index (κ1) is 17.9. The summed E-state index contributed by atoms with van der Waals surface area (Å²) in [5, 5.41) is 9.59. The molecule has 0 aliphatic rings. The molecule has 1 amide bonds. The van der Waals surface area contributed by atoms with Crippen LogP contribution in [0.5, 0.6) is 0 Å². The zero-order valence-electron chi connectivity index (χ0n) is 12.6. The molecule has 2 aromatic heterocycles. The second kappa shape index (κ2) is 8.41. The van der Waals surface area contributed by atoms with Crippen LogP contribution in [0.3, 0.4) is 0 Å². The van der Waals surface area contributed by atoms with Crippen molar-refractivity contribution < 1.29 is 21.5 Å². The molecule has 2 heterocycles. The summed E-state index contributed by atoms with van der Waals surface area (Å²) in [4.78, 5) is 21.3. The van der Waals surface area contributed by atoms with E-state index in [4.69, 9.17) is 5.26 Å². The first-order valence-electron chi connectivity index (χ1n) is 6.72. The maximum atomic E-state index is 11.8. The zero-order chi connectivity index (χ0) is 17.4. The molecule has 9 nitrogen and oxygen atoms in total. The fourth-order valence-corrected chi connectivity index (χ4v) is 3.78. The van der Waals surface area contributed by atoms with Crippen LogP contribution in [-0.4, -0.2) is 40.3 Å². The largest absolute Gasteiger partial charge is 0.346 e. The Kier molecular flexibility index (Phi) is 6.27. The quantitative estimate of drug-likeness (QED) is 0.339. The molecule has 126 valence electrons. The Labute approximate surface area is 139 Å². The predicted molar refractivity (Wildman–Crippen MR) is 85.0 cm³/mol. The number of benzene rings is 1. The molecule has 3 aromatic rings. The van der Waals surface area contributed by atoms with E-state index in [2.05, 4.69) is 22.7 Å². The molecule has 1 atom stereocenters. The number of amides is 1. The van der Waals surface area contributed by atoms with Crippen LogP contribution < -0.4 is 9.83 Å². The number of hydrogen-bond acceptors (Lipinski definition) is 7. The molecule has 0 spiro atoms. The van der Waals surface area contributed by atoms with Crippen LogP contribution in [-0.2, 0) is 16.2 Å².